The van der Waals surface area contributed by atoms with Crippen LogP contribution < -0.4 is 0 Å². The van der Waals surface area contributed by atoms with Crippen LogP contribution in [0, 0.1) is 3.83 Å². The van der Waals surface area contributed by atoms with Gasteiger partial charge in [0, 0.05) is 35.0 Å². The molecule has 3 rings (SSSR count). The highest BCUT2D eigenvalue weighted by molar-refractivity contribution is 14.1. The first-order valence-electron chi connectivity index (χ1n) is 4.67. The second-order valence-corrected chi connectivity index (χ2v) is 5.07. The van der Waals surface area contributed by atoms with Crippen molar-refractivity contribution < 1.29 is 0 Å². The van der Waals surface area contributed by atoms with Gasteiger partial charge >= 0.3 is 0 Å². The zero-order valence-electron chi connectivity index (χ0n) is 8.38. The van der Waals surface area contributed by atoms with Crippen LogP contribution in [0.2, 0.25) is 0 Å². The molecule has 0 aliphatic heterocycles. The van der Waals surface area contributed by atoms with Crippen LogP contribution in [0.3, 0.4) is 0 Å². The van der Waals surface area contributed by atoms with Crippen LogP contribution in [0.15, 0.2) is 24.3 Å². The number of aromatic nitrogens is 4. The minimum Gasteiger partial charge on any atom is -0.267 e. The topological polar surface area (TPSA) is 43.6 Å². The van der Waals surface area contributed by atoms with Gasteiger partial charge in [0.2, 0.25) is 3.83 Å². The molecule has 0 aliphatic carbocycles. The second-order valence-electron chi connectivity index (χ2n) is 3.36. The summed E-state index contributed by atoms with van der Waals surface area (Å²) in [6, 6.07) is 8.14. The van der Waals surface area contributed by atoms with Crippen molar-refractivity contribution in [2.75, 3.05) is 0 Å². The van der Waals surface area contributed by atoms with Crippen molar-refractivity contribution in [3.05, 3.63) is 28.1 Å². The number of para-hydroxylation sites is 1. The van der Waals surface area contributed by atoms with E-state index in [9.17, 15) is 0 Å². The van der Waals surface area contributed by atoms with E-state index in [1.807, 2.05) is 23.9 Å². The van der Waals surface area contributed by atoms with E-state index in [1.165, 1.54) is 11.5 Å². The third-order valence-electron chi connectivity index (χ3n) is 2.36. The zero-order valence-corrected chi connectivity index (χ0v) is 11.4. The lowest BCUT2D eigenvalue weighted by atomic mass is 10.2. The molecule has 0 fully saturated rings. The number of benzene rings is 1. The fourth-order valence-corrected chi connectivity index (χ4v) is 2.94. The highest BCUT2D eigenvalue weighted by Crippen LogP contribution is 2.28. The lowest BCUT2D eigenvalue weighted by molar-refractivity contribution is 0.800. The van der Waals surface area contributed by atoms with Crippen molar-refractivity contribution in [1.82, 2.24) is 19.1 Å². The molecule has 0 saturated heterocycles. The molecule has 16 heavy (non-hydrogen) atoms. The highest BCUT2D eigenvalue weighted by Gasteiger charge is 2.13. The maximum atomic E-state index is 4.49. The van der Waals surface area contributed by atoms with Crippen LogP contribution in [0.5, 0.6) is 0 Å². The summed E-state index contributed by atoms with van der Waals surface area (Å²) in [4.78, 5) is 4.36. The van der Waals surface area contributed by atoms with Crippen molar-refractivity contribution in [3.8, 4) is 10.7 Å². The predicted octanol–water partition coefficient (Wildman–Crippen LogP) is 2.70. The first-order valence-corrected chi connectivity index (χ1v) is 6.52. The quantitative estimate of drug-likeness (QED) is 0.639. The van der Waals surface area contributed by atoms with Gasteiger partial charge in [0.15, 0.2) is 5.01 Å². The molecule has 0 amide bonds. The maximum absolute atomic E-state index is 4.49. The van der Waals surface area contributed by atoms with Crippen molar-refractivity contribution in [2.45, 2.75) is 0 Å². The van der Waals surface area contributed by atoms with Gasteiger partial charge in [-0.15, -0.1) is 0 Å². The number of fused-ring (bicyclic) bond motifs is 1. The number of rotatable bonds is 1. The van der Waals surface area contributed by atoms with Gasteiger partial charge < -0.3 is 0 Å². The summed E-state index contributed by atoms with van der Waals surface area (Å²) < 4.78 is 6.82. The van der Waals surface area contributed by atoms with E-state index in [0.29, 0.717) is 0 Å². The average molecular weight is 342 g/mol. The van der Waals surface area contributed by atoms with Crippen LogP contribution in [-0.4, -0.2) is 19.1 Å². The van der Waals surface area contributed by atoms with E-state index in [2.05, 4.69) is 49.2 Å². The molecule has 80 valence electrons. The summed E-state index contributed by atoms with van der Waals surface area (Å²) >= 11 is 3.50. The number of nitrogens with zero attached hydrogens (tertiary/aromatic N) is 4. The minimum absolute atomic E-state index is 0.771. The van der Waals surface area contributed by atoms with E-state index in [-0.39, 0.29) is 0 Å². The monoisotopic (exact) mass is 342 g/mol. The Hall–Kier alpha value is -1.02. The van der Waals surface area contributed by atoms with Gasteiger partial charge in [-0.2, -0.15) is 9.47 Å². The largest absolute Gasteiger partial charge is 0.267 e. The first kappa shape index (κ1) is 10.2. The number of halogens is 1. The van der Waals surface area contributed by atoms with Crippen molar-refractivity contribution in [3.63, 3.8) is 0 Å². The summed E-state index contributed by atoms with van der Waals surface area (Å²) in [6.45, 7) is 0. The lowest BCUT2D eigenvalue weighted by Crippen LogP contribution is -1.89. The molecule has 4 nitrogen and oxygen atoms in total. The molecule has 0 atom stereocenters. The van der Waals surface area contributed by atoms with Gasteiger partial charge in [-0.1, -0.05) is 18.2 Å². The van der Waals surface area contributed by atoms with Crippen LogP contribution in [-0.2, 0) is 7.05 Å². The van der Waals surface area contributed by atoms with E-state index < -0.39 is 0 Å². The van der Waals surface area contributed by atoms with Crippen molar-refractivity contribution in [2.24, 2.45) is 7.05 Å². The summed E-state index contributed by atoms with van der Waals surface area (Å²) in [5, 5.41) is 6.49. The fourth-order valence-electron chi connectivity index (χ4n) is 1.67. The molecule has 3 aromatic rings. The normalized spacial score (nSPS) is 11.1. The second kappa shape index (κ2) is 3.77. The molecular weight excluding hydrogens is 335 g/mol. The van der Waals surface area contributed by atoms with Crippen LogP contribution in [0.1, 0.15) is 0 Å². The third kappa shape index (κ3) is 1.52. The van der Waals surface area contributed by atoms with Gasteiger partial charge in [0.25, 0.3) is 0 Å². The Morgan fingerprint density at radius 1 is 1.31 bits per heavy atom. The molecule has 0 spiro atoms. The van der Waals surface area contributed by atoms with Crippen LogP contribution >= 0.6 is 34.1 Å². The standard InChI is InChI=1S/C10H7IN4S/c1-15-7-5-3-2-4-6(7)8(13-15)9-12-10(11)14-16-9/h2-5H,1H3. The molecular formula is C10H7IN4S. The molecule has 0 unspecified atom stereocenters. The Morgan fingerprint density at radius 3 is 2.88 bits per heavy atom. The molecule has 1 aromatic carbocycles. The summed E-state index contributed by atoms with van der Waals surface area (Å²) in [5.74, 6) is 0. The number of aryl methyl sites for hydroxylation is 1. The number of hydrogen-bond donors (Lipinski definition) is 0. The Balaban J connectivity index is 2.32. The lowest BCUT2D eigenvalue weighted by Gasteiger charge is -1.90. The highest BCUT2D eigenvalue weighted by atomic mass is 127. The zero-order chi connectivity index (χ0) is 11.1. The third-order valence-corrected chi connectivity index (χ3v) is 3.89. The van der Waals surface area contributed by atoms with Gasteiger partial charge in [-0.05, 0) is 17.6 Å². The molecule has 0 bridgehead atoms. The molecule has 2 aromatic heterocycles. The molecule has 0 N–H and O–H groups in total. The van der Waals surface area contributed by atoms with Gasteiger partial charge in [-0.3, -0.25) is 4.68 Å². The Kier molecular flexibility index (Phi) is 2.40. The van der Waals surface area contributed by atoms with Gasteiger partial charge in [0.05, 0.1) is 5.52 Å². The molecule has 0 aliphatic rings. The SMILES string of the molecule is Cn1nc(-c2nc(I)ns2)c2ccccc21. The van der Waals surface area contributed by atoms with Crippen molar-refractivity contribution >= 4 is 45.0 Å². The smallest absolute Gasteiger partial charge is 0.203 e. The predicted molar refractivity (Wildman–Crippen MR) is 72.3 cm³/mol. The molecule has 0 radical (unpaired) electrons. The van der Waals surface area contributed by atoms with Crippen LogP contribution in [0.4, 0.5) is 0 Å². The molecule has 6 heteroatoms. The van der Waals surface area contributed by atoms with Gasteiger partial charge in [-0.25, -0.2) is 4.98 Å². The van der Waals surface area contributed by atoms with E-state index in [0.717, 1.165) is 25.4 Å². The van der Waals surface area contributed by atoms with E-state index in [4.69, 9.17) is 0 Å². The van der Waals surface area contributed by atoms with Crippen molar-refractivity contribution in [1.29, 1.82) is 0 Å². The Bertz CT molecular complexity index is 658. The maximum Gasteiger partial charge on any atom is 0.203 e. The Labute approximate surface area is 110 Å². The summed E-state index contributed by atoms with van der Waals surface area (Å²) in [7, 11) is 1.94. The average Bonchev–Trinajstić information content (AvgIpc) is 2.84. The van der Waals surface area contributed by atoms with Gasteiger partial charge in [0.1, 0.15) is 5.69 Å². The Morgan fingerprint density at radius 2 is 2.12 bits per heavy atom. The minimum atomic E-state index is 0.771. The summed E-state index contributed by atoms with van der Waals surface area (Å²) in [6.07, 6.45) is 0. The number of hydrogen-bond acceptors (Lipinski definition) is 4. The summed E-state index contributed by atoms with van der Waals surface area (Å²) in [5.41, 5.74) is 2.03. The molecule has 0 saturated carbocycles. The first-order chi connectivity index (χ1) is 7.75. The van der Waals surface area contributed by atoms with E-state index >= 15 is 0 Å². The van der Waals surface area contributed by atoms with Crippen LogP contribution in [0.25, 0.3) is 21.6 Å². The molecule has 2 heterocycles. The van der Waals surface area contributed by atoms with E-state index in [1.54, 1.807) is 0 Å². The fraction of sp³-hybridized carbons (Fsp3) is 0.100.